The summed E-state index contributed by atoms with van der Waals surface area (Å²) in [7, 11) is 0. The third-order valence-electron chi connectivity index (χ3n) is 4.78. The molecule has 1 amide bonds. The van der Waals surface area contributed by atoms with Gasteiger partial charge in [-0.05, 0) is 35.6 Å². The average molecular weight is 309 g/mol. The molecule has 0 fully saturated rings. The Morgan fingerprint density at radius 2 is 1.91 bits per heavy atom. The molecule has 3 nitrogen and oxygen atoms in total. The van der Waals surface area contributed by atoms with Gasteiger partial charge < -0.3 is 10.4 Å². The van der Waals surface area contributed by atoms with Crippen LogP contribution in [0.1, 0.15) is 48.1 Å². The maximum Gasteiger partial charge on any atom is 0.227 e. The van der Waals surface area contributed by atoms with Gasteiger partial charge in [-0.1, -0.05) is 55.5 Å². The Bertz CT molecular complexity index is 693. The lowest BCUT2D eigenvalue weighted by atomic mass is 9.97. The number of benzene rings is 2. The summed E-state index contributed by atoms with van der Waals surface area (Å²) in [6, 6.07) is 15.8. The third-order valence-corrected chi connectivity index (χ3v) is 4.78. The van der Waals surface area contributed by atoms with Crippen molar-refractivity contribution in [1.29, 1.82) is 0 Å². The molecule has 2 N–H and O–H groups in total. The number of carbonyl (C=O) groups excluding carboxylic acids is 1. The van der Waals surface area contributed by atoms with Crippen molar-refractivity contribution in [2.45, 2.75) is 44.8 Å². The van der Waals surface area contributed by atoms with Crippen LogP contribution in [0.3, 0.4) is 0 Å². The van der Waals surface area contributed by atoms with Crippen LogP contribution in [0.4, 0.5) is 0 Å². The molecule has 0 radical (unpaired) electrons. The molecule has 0 aromatic heterocycles. The maximum absolute atomic E-state index is 12.6. The minimum absolute atomic E-state index is 0.0463. The fourth-order valence-corrected chi connectivity index (χ4v) is 3.22. The van der Waals surface area contributed by atoms with E-state index in [4.69, 9.17) is 0 Å². The molecule has 1 aliphatic carbocycles. The van der Waals surface area contributed by atoms with Crippen LogP contribution in [0.5, 0.6) is 0 Å². The largest absolute Gasteiger partial charge is 0.390 e. The van der Waals surface area contributed by atoms with Crippen molar-refractivity contribution in [3.8, 4) is 0 Å². The molecule has 1 aliphatic rings. The number of amides is 1. The molecule has 3 rings (SSSR count). The fraction of sp³-hybridized carbons (Fsp3) is 0.350. The van der Waals surface area contributed by atoms with E-state index in [1.807, 2.05) is 43.3 Å². The summed E-state index contributed by atoms with van der Waals surface area (Å²) >= 11 is 0. The molecule has 0 bridgehead atoms. The molecule has 3 heteroatoms. The molecule has 0 heterocycles. The number of aryl methyl sites for hydroxylation is 1. The standard InChI is InChI=1S/C20H23NO2/c1-3-14-8-10-15(11-9-14)13(2)20(23)21-19-17-7-5-4-6-16(17)12-18(19)22/h4-11,13,18-19,22H,3,12H2,1-2H3,(H,21,23). The van der Waals surface area contributed by atoms with Crippen molar-refractivity contribution < 1.29 is 9.90 Å². The molecule has 0 saturated heterocycles. The lowest BCUT2D eigenvalue weighted by Crippen LogP contribution is -2.36. The Balaban J connectivity index is 1.73. The van der Waals surface area contributed by atoms with Crippen molar-refractivity contribution in [1.82, 2.24) is 5.32 Å². The van der Waals surface area contributed by atoms with E-state index in [1.54, 1.807) is 0 Å². The molecular formula is C20H23NO2. The summed E-state index contributed by atoms with van der Waals surface area (Å²) in [6.07, 6.45) is 1.04. The summed E-state index contributed by atoms with van der Waals surface area (Å²) in [4.78, 5) is 12.6. The molecule has 2 aromatic rings. The van der Waals surface area contributed by atoms with Gasteiger partial charge in [-0.15, -0.1) is 0 Å². The van der Waals surface area contributed by atoms with Crippen LogP contribution >= 0.6 is 0 Å². The number of hydrogen-bond acceptors (Lipinski definition) is 2. The average Bonchev–Trinajstić information content (AvgIpc) is 2.90. The van der Waals surface area contributed by atoms with Gasteiger partial charge in [0, 0.05) is 6.42 Å². The molecule has 3 unspecified atom stereocenters. The smallest absolute Gasteiger partial charge is 0.227 e. The van der Waals surface area contributed by atoms with Crippen LogP contribution in [0.25, 0.3) is 0 Å². The Labute approximate surface area is 137 Å². The minimum Gasteiger partial charge on any atom is -0.390 e. The maximum atomic E-state index is 12.6. The molecular weight excluding hydrogens is 286 g/mol. The Hall–Kier alpha value is -2.13. The van der Waals surface area contributed by atoms with Gasteiger partial charge in [0.15, 0.2) is 0 Å². The van der Waals surface area contributed by atoms with Crippen LogP contribution in [0.2, 0.25) is 0 Å². The van der Waals surface area contributed by atoms with E-state index in [0.717, 1.165) is 23.1 Å². The SMILES string of the molecule is CCc1ccc(C(C)C(=O)NC2c3ccccc3CC2O)cc1. The lowest BCUT2D eigenvalue weighted by Gasteiger charge is -2.21. The number of rotatable bonds is 4. The highest BCUT2D eigenvalue weighted by Gasteiger charge is 2.32. The van der Waals surface area contributed by atoms with Crippen molar-refractivity contribution in [2.75, 3.05) is 0 Å². The first-order valence-electron chi connectivity index (χ1n) is 8.25. The molecule has 2 aromatic carbocycles. The van der Waals surface area contributed by atoms with Gasteiger partial charge in [0.1, 0.15) is 0 Å². The van der Waals surface area contributed by atoms with Crippen LogP contribution in [0, 0.1) is 0 Å². The Kier molecular flexibility index (Phi) is 4.49. The van der Waals surface area contributed by atoms with Crippen molar-refractivity contribution in [3.63, 3.8) is 0 Å². The van der Waals surface area contributed by atoms with Crippen LogP contribution in [-0.4, -0.2) is 17.1 Å². The number of aliphatic hydroxyl groups is 1. The number of fused-ring (bicyclic) bond motifs is 1. The van der Waals surface area contributed by atoms with Gasteiger partial charge in [0.25, 0.3) is 0 Å². The second-order valence-corrected chi connectivity index (χ2v) is 6.27. The monoisotopic (exact) mass is 309 g/mol. The quantitative estimate of drug-likeness (QED) is 0.911. The van der Waals surface area contributed by atoms with Crippen molar-refractivity contribution in [2.24, 2.45) is 0 Å². The Morgan fingerprint density at radius 1 is 1.22 bits per heavy atom. The molecule has 3 atom stereocenters. The van der Waals surface area contributed by atoms with Gasteiger partial charge in [-0.3, -0.25) is 4.79 Å². The van der Waals surface area contributed by atoms with Crippen LogP contribution in [-0.2, 0) is 17.6 Å². The van der Waals surface area contributed by atoms with E-state index in [9.17, 15) is 9.90 Å². The van der Waals surface area contributed by atoms with Crippen LogP contribution < -0.4 is 5.32 Å². The van der Waals surface area contributed by atoms with E-state index >= 15 is 0 Å². The number of carbonyl (C=O) groups is 1. The van der Waals surface area contributed by atoms with Gasteiger partial charge in [-0.2, -0.15) is 0 Å². The normalized spacial score (nSPS) is 20.8. The summed E-state index contributed by atoms with van der Waals surface area (Å²) < 4.78 is 0. The zero-order valence-electron chi connectivity index (χ0n) is 13.6. The minimum atomic E-state index is -0.550. The predicted molar refractivity (Wildman–Crippen MR) is 91.3 cm³/mol. The molecule has 23 heavy (non-hydrogen) atoms. The van der Waals surface area contributed by atoms with Crippen LogP contribution in [0.15, 0.2) is 48.5 Å². The summed E-state index contributed by atoms with van der Waals surface area (Å²) in [6.45, 7) is 4.02. The first-order valence-corrected chi connectivity index (χ1v) is 8.25. The van der Waals surface area contributed by atoms with E-state index in [1.165, 1.54) is 5.56 Å². The molecule has 0 spiro atoms. The third kappa shape index (κ3) is 3.15. The first-order chi connectivity index (χ1) is 11.1. The molecule has 0 saturated carbocycles. The second-order valence-electron chi connectivity index (χ2n) is 6.27. The topological polar surface area (TPSA) is 49.3 Å². The number of hydrogen-bond donors (Lipinski definition) is 2. The predicted octanol–water partition coefficient (Wildman–Crippen LogP) is 3.13. The molecule has 120 valence electrons. The van der Waals surface area contributed by atoms with Gasteiger partial charge in [0.05, 0.1) is 18.1 Å². The summed E-state index contributed by atoms with van der Waals surface area (Å²) in [5.41, 5.74) is 4.41. The fourth-order valence-electron chi connectivity index (χ4n) is 3.22. The highest BCUT2D eigenvalue weighted by molar-refractivity contribution is 5.83. The first kappa shape index (κ1) is 15.8. The Morgan fingerprint density at radius 3 is 2.61 bits per heavy atom. The molecule has 0 aliphatic heterocycles. The van der Waals surface area contributed by atoms with E-state index in [2.05, 4.69) is 24.4 Å². The van der Waals surface area contributed by atoms with E-state index < -0.39 is 6.10 Å². The highest BCUT2D eigenvalue weighted by Crippen LogP contribution is 2.32. The zero-order chi connectivity index (χ0) is 16.4. The highest BCUT2D eigenvalue weighted by atomic mass is 16.3. The van der Waals surface area contributed by atoms with Gasteiger partial charge in [-0.25, -0.2) is 0 Å². The van der Waals surface area contributed by atoms with Gasteiger partial charge in [0.2, 0.25) is 5.91 Å². The number of nitrogens with one attached hydrogen (secondary N) is 1. The number of aliphatic hydroxyl groups excluding tert-OH is 1. The summed E-state index contributed by atoms with van der Waals surface area (Å²) in [5, 5.41) is 13.3. The zero-order valence-corrected chi connectivity index (χ0v) is 13.6. The van der Waals surface area contributed by atoms with Gasteiger partial charge >= 0.3 is 0 Å². The van der Waals surface area contributed by atoms with Crippen molar-refractivity contribution in [3.05, 3.63) is 70.8 Å². The summed E-state index contributed by atoms with van der Waals surface area (Å²) in [5.74, 6) is -0.282. The van der Waals surface area contributed by atoms with E-state index in [0.29, 0.717) is 6.42 Å². The second kappa shape index (κ2) is 6.55. The lowest BCUT2D eigenvalue weighted by molar-refractivity contribution is -0.123. The van der Waals surface area contributed by atoms with E-state index in [-0.39, 0.29) is 17.9 Å². The van der Waals surface area contributed by atoms with Crippen molar-refractivity contribution >= 4 is 5.91 Å².